The molecule has 0 amide bonds. The van der Waals surface area contributed by atoms with E-state index in [-0.39, 0.29) is 38.1 Å². The lowest BCUT2D eigenvalue weighted by atomic mass is 10.1. The van der Waals surface area contributed by atoms with Gasteiger partial charge in [0.05, 0.1) is 0 Å². The summed E-state index contributed by atoms with van der Waals surface area (Å²) in [6, 6.07) is 20.0. The summed E-state index contributed by atoms with van der Waals surface area (Å²) in [6.07, 6.45) is 0. The molecular weight excluding hydrogens is 561 g/mol. The summed E-state index contributed by atoms with van der Waals surface area (Å²) in [6.45, 7) is 0. The average Bonchev–Trinajstić information content (AvgIpc) is 3.19. The highest BCUT2D eigenvalue weighted by atomic mass is 35.5. The second-order valence-electron chi connectivity index (χ2n) is 7.85. The summed E-state index contributed by atoms with van der Waals surface area (Å²) in [5, 5.41) is 13.9. The minimum Gasteiger partial charge on any atom is -0.410 e. The number of oxime groups is 1. The second-order valence-corrected chi connectivity index (χ2v) is 11.8. The van der Waals surface area contributed by atoms with Crippen LogP contribution in [0.1, 0.15) is 11.1 Å². The van der Waals surface area contributed by atoms with Crippen molar-refractivity contribution in [1.29, 1.82) is 0 Å². The summed E-state index contributed by atoms with van der Waals surface area (Å²) in [5.74, 6) is 0.138. The van der Waals surface area contributed by atoms with Gasteiger partial charge in [0, 0.05) is 21.2 Å². The zero-order valence-corrected chi connectivity index (χ0v) is 21.6. The molecule has 37 heavy (non-hydrogen) atoms. The van der Waals surface area contributed by atoms with Crippen LogP contribution in [0.3, 0.4) is 0 Å². The molecule has 0 atom stereocenters. The van der Waals surface area contributed by atoms with Crippen molar-refractivity contribution in [3.8, 4) is 22.6 Å². The molecule has 12 heteroatoms. The van der Waals surface area contributed by atoms with Crippen LogP contribution in [0, 0.1) is 0 Å². The van der Waals surface area contributed by atoms with E-state index >= 15 is 0 Å². The highest BCUT2D eigenvalue weighted by Crippen LogP contribution is 2.39. The first kappa shape index (κ1) is 25.1. The topological polar surface area (TPSA) is 119 Å². The van der Waals surface area contributed by atoms with Gasteiger partial charge in [0.1, 0.15) is 27.0 Å². The Bertz CT molecular complexity index is 1640. The van der Waals surface area contributed by atoms with Crippen molar-refractivity contribution in [3.05, 3.63) is 106 Å². The van der Waals surface area contributed by atoms with Gasteiger partial charge in [-0.25, -0.2) is 0 Å². The number of fused-ring (bicyclic) bond motifs is 3. The predicted molar refractivity (Wildman–Crippen MR) is 138 cm³/mol. The Hall–Kier alpha value is -3.57. The Morgan fingerprint density at radius 2 is 0.946 bits per heavy atom. The van der Waals surface area contributed by atoms with Crippen LogP contribution in [-0.4, -0.2) is 27.8 Å². The highest BCUT2D eigenvalue weighted by molar-refractivity contribution is 7.87. The van der Waals surface area contributed by atoms with Crippen molar-refractivity contribution in [2.75, 3.05) is 0 Å². The number of hydrogen-bond acceptors (Lipinski definition) is 8. The maximum Gasteiger partial charge on any atom is 0.339 e. The SMILES string of the molecule is O=S(=O)(Oc1ccc(Cl)cc1)c1ccc2c(c1)C(=NO)c1cc(S(=O)(=O)Oc3ccc(Cl)cc3)ccc1-2. The molecule has 0 aliphatic heterocycles. The Morgan fingerprint density at radius 1 is 0.568 bits per heavy atom. The molecule has 0 unspecified atom stereocenters. The van der Waals surface area contributed by atoms with E-state index in [1.807, 2.05) is 0 Å². The van der Waals surface area contributed by atoms with Gasteiger partial charge < -0.3 is 13.6 Å². The van der Waals surface area contributed by atoms with Crippen molar-refractivity contribution in [2.24, 2.45) is 5.16 Å². The molecule has 0 heterocycles. The molecule has 0 fully saturated rings. The zero-order chi connectivity index (χ0) is 26.4. The fourth-order valence-electron chi connectivity index (χ4n) is 3.80. The molecule has 8 nitrogen and oxygen atoms in total. The molecule has 188 valence electrons. The van der Waals surface area contributed by atoms with Crippen LogP contribution in [0.4, 0.5) is 0 Å². The van der Waals surface area contributed by atoms with E-state index in [2.05, 4.69) is 5.16 Å². The Kier molecular flexibility index (Phi) is 6.36. The van der Waals surface area contributed by atoms with Gasteiger partial charge in [0.25, 0.3) is 0 Å². The second kappa shape index (κ2) is 9.38. The monoisotopic (exact) mass is 575 g/mol. The van der Waals surface area contributed by atoms with E-state index in [1.165, 1.54) is 84.9 Å². The summed E-state index contributed by atoms with van der Waals surface area (Å²) in [4.78, 5) is -0.372. The van der Waals surface area contributed by atoms with Crippen LogP contribution in [0.15, 0.2) is 99.9 Å². The van der Waals surface area contributed by atoms with Gasteiger partial charge in [-0.05, 0) is 83.9 Å². The summed E-state index contributed by atoms with van der Waals surface area (Å²) < 4.78 is 61.9. The molecule has 4 aromatic carbocycles. The fourth-order valence-corrected chi connectivity index (χ4v) is 5.97. The van der Waals surface area contributed by atoms with Crippen molar-refractivity contribution < 1.29 is 30.4 Å². The van der Waals surface area contributed by atoms with Crippen molar-refractivity contribution in [3.63, 3.8) is 0 Å². The normalized spacial score (nSPS) is 12.5. The van der Waals surface area contributed by atoms with Gasteiger partial charge in [-0.3, -0.25) is 0 Å². The average molecular weight is 576 g/mol. The minimum atomic E-state index is -4.24. The lowest BCUT2D eigenvalue weighted by molar-refractivity contribution is 0.320. The van der Waals surface area contributed by atoms with E-state index in [9.17, 15) is 22.0 Å². The lowest BCUT2D eigenvalue weighted by Crippen LogP contribution is -2.11. The third kappa shape index (κ3) is 4.88. The third-order valence-electron chi connectivity index (χ3n) is 5.50. The van der Waals surface area contributed by atoms with Crippen LogP contribution in [0.2, 0.25) is 10.0 Å². The summed E-state index contributed by atoms with van der Waals surface area (Å²) in [7, 11) is -8.48. The molecule has 0 saturated heterocycles. The lowest BCUT2D eigenvalue weighted by Gasteiger charge is -2.09. The standard InChI is InChI=1S/C25H15Cl2NO7S2/c26-15-1-5-17(6-2-15)34-36(30,31)19-9-11-21-22-12-10-20(14-24(22)25(28-29)23(21)13-19)37(32,33)35-18-7-3-16(27)4-8-18/h1-14,29H. The molecular formula is C25H15Cl2NO7S2. The van der Waals surface area contributed by atoms with Gasteiger partial charge in [0.15, 0.2) is 0 Å². The van der Waals surface area contributed by atoms with Gasteiger partial charge in [-0.1, -0.05) is 40.5 Å². The maximum atomic E-state index is 12.9. The highest BCUT2D eigenvalue weighted by Gasteiger charge is 2.30. The molecule has 0 aromatic heterocycles. The molecule has 0 saturated carbocycles. The summed E-state index contributed by atoms with van der Waals surface area (Å²) in [5.41, 5.74) is 1.67. The van der Waals surface area contributed by atoms with Crippen LogP contribution in [-0.2, 0) is 20.2 Å². The third-order valence-corrected chi connectivity index (χ3v) is 8.49. The van der Waals surface area contributed by atoms with Crippen LogP contribution in [0.25, 0.3) is 11.1 Å². The summed E-state index contributed by atoms with van der Waals surface area (Å²) >= 11 is 11.7. The van der Waals surface area contributed by atoms with Crippen molar-refractivity contribution >= 4 is 49.1 Å². The van der Waals surface area contributed by atoms with E-state index < -0.39 is 20.2 Å². The Labute approximate surface area is 222 Å². The number of hydrogen-bond donors (Lipinski definition) is 1. The predicted octanol–water partition coefficient (Wildman–Crippen LogP) is 5.74. The van der Waals surface area contributed by atoms with Crippen molar-refractivity contribution in [2.45, 2.75) is 9.79 Å². The molecule has 5 rings (SSSR count). The largest absolute Gasteiger partial charge is 0.410 e. The maximum absolute atomic E-state index is 12.9. The van der Waals surface area contributed by atoms with Gasteiger partial charge in [0.2, 0.25) is 0 Å². The molecule has 1 N–H and O–H groups in total. The van der Waals surface area contributed by atoms with Crippen LogP contribution < -0.4 is 8.37 Å². The van der Waals surface area contributed by atoms with E-state index in [1.54, 1.807) is 0 Å². The first-order valence-corrected chi connectivity index (χ1v) is 14.1. The van der Waals surface area contributed by atoms with E-state index in [0.717, 1.165) is 0 Å². The van der Waals surface area contributed by atoms with Gasteiger partial charge >= 0.3 is 20.2 Å². The molecule has 1 aliphatic carbocycles. The van der Waals surface area contributed by atoms with Gasteiger partial charge in [-0.15, -0.1) is 0 Å². The number of nitrogens with zero attached hydrogens (tertiary/aromatic N) is 1. The van der Waals surface area contributed by atoms with E-state index in [4.69, 9.17) is 31.6 Å². The molecule has 0 bridgehead atoms. The first-order valence-electron chi connectivity index (χ1n) is 10.5. The van der Waals surface area contributed by atoms with Crippen molar-refractivity contribution in [1.82, 2.24) is 0 Å². The Balaban J connectivity index is 1.49. The molecule has 1 aliphatic rings. The number of benzene rings is 4. The van der Waals surface area contributed by atoms with Crippen LogP contribution >= 0.6 is 23.2 Å². The fraction of sp³-hybridized carbons (Fsp3) is 0. The number of rotatable bonds is 6. The molecule has 0 spiro atoms. The molecule has 4 aromatic rings. The Morgan fingerprint density at radius 3 is 1.30 bits per heavy atom. The quantitative estimate of drug-likeness (QED) is 0.156. The zero-order valence-electron chi connectivity index (χ0n) is 18.5. The van der Waals surface area contributed by atoms with Crippen LogP contribution in [0.5, 0.6) is 11.5 Å². The molecule has 0 radical (unpaired) electrons. The van der Waals surface area contributed by atoms with E-state index in [0.29, 0.717) is 21.2 Å². The minimum absolute atomic E-state index is 0.00270. The van der Waals surface area contributed by atoms with Gasteiger partial charge in [-0.2, -0.15) is 16.8 Å². The number of halogens is 2. The smallest absolute Gasteiger partial charge is 0.339 e. The first-order chi connectivity index (χ1) is 17.6.